The van der Waals surface area contributed by atoms with Gasteiger partial charge in [-0.2, -0.15) is 0 Å². The lowest BCUT2D eigenvalue weighted by Crippen LogP contribution is -2.01. The van der Waals surface area contributed by atoms with Crippen LogP contribution >= 0.6 is 0 Å². The molecule has 0 aromatic heterocycles. The van der Waals surface area contributed by atoms with E-state index in [4.69, 9.17) is 5.73 Å². The Morgan fingerprint density at radius 1 is 1.50 bits per heavy atom. The minimum atomic E-state index is 0.576. The quantitative estimate of drug-likeness (QED) is 0.548. The molecule has 0 aliphatic heterocycles. The first-order chi connectivity index (χ1) is 3.66. The number of hydrogen-bond donors (Lipinski definition) is 1. The van der Waals surface area contributed by atoms with E-state index in [1.54, 1.807) is 0 Å². The van der Waals surface area contributed by atoms with Crippen molar-refractivity contribution in [3.8, 4) is 0 Å². The van der Waals surface area contributed by atoms with Gasteiger partial charge in [-0.1, -0.05) is 24.3 Å². The van der Waals surface area contributed by atoms with Gasteiger partial charge >= 0.3 is 0 Å². The van der Waals surface area contributed by atoms with E-state index in [0.29, 0.717) is 6.54 Å². The van der Waals surface area contributed by atoms with Crippen molar-refractivity contribution >= 4 is 0 Å². The molecule has 0 amide bonds. The maximum Gasteiger partial charge on any atom is 0.0137 e. The fourth-order valence-corrected chi connectivity index (χ4v) is 0.499. The van der Waals surface area contributed by atoms with Crippen LogP contribution < -0.4 is 5.73 Å². The molecule has 0 unspecified atom stereocenters. The molecule has 1 nitrogen and oxygen atoms in total. The molecule has 0 saturated heterocycles. The zero-order valence-corrected chi connectivity index (χ0v) is 5.41. The standard InChI is InChI=1S/C7H13N/c1-6(2)4-7(3)5-8/h1,3-5,8H2,2H3. The molecular formula is C7H13N. The summed E-state index contributed by atoms with van der Waals surface area (Å²) in [6.07, 6.45) is 0.872. The maximum absolute atomic E-state index is 5.28. The van der Waals surface area contributed by atoms with Gasteiger partial charge < -0.3 is 5.73 Å². The SMILES string of the molecule is C=C(C)CC(=C)CN. The zero-order chi connectivity index (χ0) is 6.57. The summed E-state index contributed by atoms with van der Waals surface area (Å²) < 4.78 is 0. The molecule has 0 aromatic rings. The lowest BCUT2D eigenvalue weighted by Gasteiger charge is -1.98. The third kappa shape index (κ3) is 3.62. The van der Waals surface area contributed by atoms with Gasteiger partial charge in [0.05, 0.1) is 0 Å². The third-order valence-electron chi connectivity index (χ3n) is 0.840. The first kappa shape index (κ1) is 7.44. The van der Waals surface area contributed by atoms with Gasteiger partial charge in [-0.05, 0) is 13.3 Å². The maximum atomic E-state index is 5.28. The van der Waals surface area contributed by atoms with Crippen molar-refractivity contribution in [1.82, 2.24) is 0 Å². The van der Waals surface area contributed by atoms with Crippen LogP contribution in [0.4, 0.5) is 0 Å². The summed E-state index contributed by atoms with van der Waals surface area (Å²) >= 11 is 0. The fourth-order valence-electron chi connectivity index (χ4n) is 0.499. The summed E-state index contributed by atoms with van der Waals surface area (Å²) in [6, 6.07) is 0. The largest absolute Gasteiger partial charge is 0.327 e. The Morgan fingerprint density at radius 3 is 2.12 bits per heavy atom. The minimum Gasteiger partial charge on any atom is -0.327 e. The summed E-state index contributed by atoms with van der Waals surface area (Å²) in [5, 5.41) is 0. The number of allylic oxidation sites excluding steroid dienone is 1. The molecule has 8 heavy (non-hydrogen) atoms. The van der Waals surface area contributed by atoms with E-state index in [-0.39, 0.29) is 0 Å². The number of hydrogen-bond acceptors (Lipinski definition) is 1. The topological polar surface area (TPSA) is 26.0 Å². The smallest absolute Gasteiger partial charge is 0.0137 e. The van der Waals surface area contributed by atoms with Gasteiger partial charge in [0.1, 0.15) is 0 Å². The van der Waals surface area contributed by atoms with Crippen LogP contribution in [0.15, 0.2) is 24.3 Å². The molecule has 1 heteroatoms. The highest BCUT2D eigenvalue weighted by molar-refractivity contribution is 5.07. The molecule has 0 spiro atoms. The first-order valence-electron chi connectivity index (χ1n) is 2.68. The summed E-state index contributed by atoms with van der Waals surface area (Å²) in [5.41, 5.74) is 7.46. The van der Waals surface area contributed by atoms with Crippen LogP contribution in [0.2, 0.25) is 0 Å². The van der Waals surface area contributed by atoms with Gasteiger partial charge in [-0.3, -0.25) is 0 Å². The molecular weight excluding hydrogens is 98.1 g/mol. The average molecular weight is 111 g/mol. The molecule has 0 bridgehead atoms. The molecule has 0 atom stereocenters. The van der Waals surface area contributed by atoms with E-state index in [9.17, 15) is 0 Å². The van der Waals surface area contributed by atoms with Crippen molar-refractivity contribution in [3.05, 3.63) is 24.3 Å². The van der Waals surface area contributed by atoms with E-state index in [1.807, 2.05) is 6.92 Å². The average Bonchev–Trinajstić information content (AvgIpc) is 1.65. The fraction of sp³-hybridized carbons (Fsp3) is 0.429. The monoisotopic (exact) mass is 111 g/mol. The van der Waals surface area contributed by atoms with Gasteiger partial charge in [0.15, 0.2) is 0 Å². The van der Waals surface area contributed by atoms with Crippen LogP contribution in [0.25, 0.3) is 0 Å². The Balaban J connectivity index is 3.40. The second-order valence-corrected chi connectivity index (χ2v) is 2.09. The summed E-state index contributed by atoms with van der Waals surface area (Å²) in [4.78, 5) is 0. The highest BCUT2D eigenvalue weighted by Crippen LogP contribution is 2.02. The summed E-state index contributed by atoms with van der Waals surface area (Å²) in [6.45, 7) is 10.0. The van der Waals surface area contributed by atoms with Crippen molar-refractivity contribution in [3.63, 3.8) is 0 Å². The van der Waals surface area contributed by atoms with Crippen LogP contribution in [-0.2, 0) is 0 Å². The number of rotatable bonds is 3. The second-order valence-electron chi connectivity index (χ2n) is 2.09. The first-order valence-corrected chi connectivity index (χ1v) is 2.68. The molecule has 0 aliphatic carbocycles. The molecule has 0 saturated carbocycles. The Hall–Kier alpha value is -0.560. The molecule has 0 heterocycles. The molecule has 2 N–H and O–H groups in total. The molecule has 0 rings (SSSR count). The normalized spacial score (nSPS) is 8.75. The predicted molar refractivity (Wildman–Crippen MR) is 37.6 cm³/mol. The van der Waals surface area contributed by atoms with E-state index in [2.05, 4.69) is 13.2 Å². The zero-order valence-electron chi connectivity index (χ0n) is 5.41. The predicted octanol–water partition coefficient (Wildman–Crippen LogP) is 1.47. The molecule has 46 valence electrons. The third-order valence-corrected chi connectivity index (χ3v) is 0.840. The van der Waals surface area contributed by atoms with Gasteiger partial charge in [0.2, 0.25) is 0 Å². The van der Waals surface area contributed by atoms with Crippen LogP contribution in [0.5, 0.6) is 0 Å². The van der Waals surface area contributed by atoms with Gasteiger partial charge in [-0.15, -0.1) is 0 Å². The lowest BCUT2D eigenvalue weighted by molar-refractivity contribution is 1.03. The van der Waals surface area contributed by atoms with Gasteiger partial charge in [0, 0.05) is 6.54 Å². The van der Waals surface area contributed by atoms with Crippen molar-refractivity contribution in [2.75, 3.05) is 6.54 Å². The molecule has 0 fully saturated rings. The van der Waals surface area contributed by atoms with Crippen molar-refractivity contribution < 1.29 is 0 Å². The Bertz CT molecular complexity index is 103. The summed E-state index contributed by atoms with van der Waals surface area (Å²) in [5.74, 6) is 0. The molecule has 0 aromatic carbocycles. The molecule has 0 radical (unpaired) electrons. The van der Waals surface area contributed by atoms with Crippen LogP contribution in [0, 0.1) is 0 Å². The Labute approximate surface area is 50.9 Å². The van der Waals surface area contributed by atoms with Crippen molar-refractivity contribution in [2.45, 2.75) is 13.3 Å². The highest BCUT2D eigenvalue weighted by Gasteiger charge is 1.88. The van der Waals surface area contributed by atoms with E-state index in [0.717, 1.165) is 17.6 Å². The summed E-state index contributed by atoms with van der Waals surface area (Å²) in [7, 11) is 0. The van der Waals surface area contributed by atoms with E-state index < -0.39 is 0 Å². The van der Waals surface area contributed by atoms with Crippen molar-refractivity contribution in [2.24, 2.45) is 5.73 Å². The second kappa shape index (κ2) is 3.44. The lowest BCUT2D eigenvalue weighted by atomic mass is 10.1. The molecule has 0 aliphatic rings. The Morgan fingerprint density at radius 2 is 2.00 bits per heavy atom. The minimum absolute atomic E-state index is 0.576. The van der Waals surface area contributed by atoms with Crippen molar-refractivity contribution in [1.29, 1.82) is 0 Å². The van der Waals surface area contributed by atoms with Crippen LogP contribution in [-0.4, -0.2) is 6.54 Å². The van der Waals surface area contributed by atoms with Crippen LogP contribution in [0.3, 0.4) is 0 Å². The Kier molecular flexibility index (Phi) is 3.20. The highest BCUT2D eigenvalue weighted by atomic mass is 14.5. The van der Waals surface area contributed by atoms with Gasteiger partial charge in [0.25, 0.3) is 0 Å². The van der Waals surface area contributed by atoms with E-state index in [1.165, 1.54) is 0 Å². The number of nitrogens with two attached hydrogens (primary N) is 1. The van der Waals surface area contributed by atoms with Gasteiger partial charge in [-0.25, -0.2) is 0 Å². The van der Waals surface area contributed by atoms with Crippen LogP contribution in [0.1, 0.15) is 13.3 Å². The van der Waals surface area contributed by atoms with E-state index >= 15 is 0 Å².